The first kappa shape index (κ1) is 19.2. The summed E-state index contributed by atoms with van der Waals surface area (Å²) in [4.78, 5) is 17.6. The first-order chi connectivity index (χ1) is 13.0. The number of aromatic nitrogens is 1. The van der Waals surface area contributed by atoms with Crippen molar-refractivity contribution < 1.29 is 14.3 Å². The molecule has 0 aliphatic rings. The Balaban J connectivity index is 1.68. The SMILES string of the molecule is COc1ccc(NC(=O)c2sc(COc3cccc(C)c3)nc2C)cc1Cl. The molecule has 1 amide bonds. The summed E-state index contributed by atoms with van der Waals surface area (Å²) < 4.78 is 10.9. The highest BCUT2D eigenvalue weighted by molar-refractivity contribution is 7.13. The van der Waals surface area contributed by atoms with Gasteiger partial charge < -0.3 is 14.8 Å². The standard InChI is InChI=1S/C20H19ClN2O3S/c1-12-5-4-6-15(9-12)26-11-18-22-13(2)19(27-18)20(24)23-14-7-8-17(25-3)16(21)10-14/h4-10H,11H2,1-3H3,(H,23,24). The lowest BCUT2D eigenvalue weighted by molar-refractivity contribution is 0.103. The molecular formula is C20H19ClN2O3S. The van der Waals surface area contributed by atoms with E-state index in [1.807, 2.05) is 38.1 Å². The number of amides is 1. The van der Waals surface area contributed by atoms with E-state index < -0.39 is 0 Å². The fraction of sp³-hybridized carbons (Fsp3) is 0.200. The van der Waals surface area contributed by atoms with Gasteiger partial charge in [0.05, 0.1) is 17.8 Å². The monoisotopic (exact) mass is 402 g/mol. The lowest BCUT2D eigenvalue weighted by Gasteiger charge is -2.07. The minimum atomic E-state index is -0.229. The van der Waals surface area contributed by atoms with Crippen molar-refractivity contribution in [2.45, 2.75) is 20.5 Å². The van der Waals surface area contributed by atoms with E-state index >= 15 is 0 Å². The minimum absolute atomic E-state index is 0.229. The molecule has 0 saturated heterocycles. The van der Waals surface area contributed by atoms with E-state index in [9.17, 15) is 4.79 Å². The van der Waals surface area contributed by atoms with E-state index in [1.165, 1.54) is 11.3 Å². The zero-order valence-electron chi connectivity index (χ0n) is 15.2. The molecule has 0 aliphatic carbocycles. The first-order valence-corrected chi connectivity index (χ1v) is 9.46. The average Bonchev–Trinajstić information content (AvgIpc) is 3.01. The number of aryl methyl sites for hydroxylation is 2. The largest absolute Gasteiger partial charge is 0.495 e. The number of ether oxygens (including phenoxy) is 2. The van der Waals surface area contributed by atoms with Gasteiger partial charge >= 0.3 is 0 Å². The molecule has 3 rings (SSSR count). The summed E-state index contributed by atoms with van der Waals surface area (Å²) in [6.07, 6.45) is 0. The Kier molecular flexibility index (Phi) is 5.98. The van der Waals surface area contributed by atoms with Crippen LogP contribution in [0.3, 0.4) is 0 Å². The van der Waals surface area contributed by atoms with Gasteiger partial charge in [-0.1, -0.05) is 23.7 Å². The van der Waals surface area contributed by atoms with Crippen molar-refractivity contribution in [1.29, 1.82) is 0 Å². The van der Waals surface area contributed by atoms with Crippen LogP contribution < -0.4 is 14.8 Å². The third-order valence-corrected chi connectivity index (χ3v) is 5.23. The molecule has 1 heterocycles. The molecule has 1 aromatic heterocycles. The average molecular weight is 403 g/mol. The van der Waals surface area contributed by atoms with E-state index in [0.29, 0.717) is 33.6 Å². The minimum Gasteiger partial charge on any atom is -0.495 e. The lowest BCUT2D eigenvalue weighted by Crippen LogP contribution is -2.11. The van der Waals surface area contributed by atoms with Crippen LogP contribution in [0.5, 0.6) is 11.5 Å². The Morgan fingerprint density at radius 2 is 2.04 bits per heavy atom. The molecule has 0 atom stereocenters. The predicted molar refractivity (Wildman–Crippen MR) is 108 cm³/mol. The second-order valence-electron chi connectivity index (χ2n) is 5.93. The van der Waals surface area contributed by atoms with Crippen LogP contribution in [0.15, 0.2) is 42.5 Å². The normalized spacial score (nSPS) is 10.5. The van der Waals surface area contributed by atoms with E-state index in [-0.39, 0.29) is 5.91 Å². The fourth-order valence-electron chi connectivity index (χ4n) is 2.51. The summed E-state index contributed by atoms with van der Waals surface area (Å²) in [5.41, 5.74) is 2.39. The molecule has 5 nitrogen and oxygen atoms in total. The maximum absolute atomic E-state index is 12.6. The van der Waals surface area contributed by atoms with Crippen LogP contribution in [0.4, 0.5) is 5.69 Å². The number of carbonyl (C=O) groups excluding carboxylic acids is 1. The second-order valence-corrected chi connectivity index (χ2v) is 7.42. The number of rotatable bonds is 6. The van der Waals surface area contributed by atoms with Gasteiger partial charge in [-0.05, 0) is 49.7 Å². The number of hydrogen-bond acceptors (Lipinski definition) is 5. The van der Waals surface area contributed by atoms with Crippen LogP contribution in [0.25, 0.3) is 0 Å². The van der Waals surface area contributed by atoms with Gasteiger partial charge in [-0.25, -0.2) is 4.98 Å². The highest BCUT2D eigenvalue weighted by Gasteiger charge is 2.16. The Bertz CT molecular complexity index is 972. The number of anilines is 1. The zero-order chi connectivity index (χ0) is 19.4. The third-order valence-electron chi connectivity index (χ3n) is 3.81. The highest BCUT2D eigenvalue weighted by atomic mass is 35.5. The molecule has 0 radical (unpaired) electrons. The summed E-state index contributed by atoms with van der Waals surface area (Å²) in [5, 5.41) is 4.01. The summed E-state index contributed by atoms with van der Waals surface area (Å²) in [6, 6.07) is 12.9. The van der Waals surface area contributed by atoms with Gasteiger partial charge in [0.2, 0.25) is 0 Å². The van der Waals surface area contributed by atoms with Gasteiger partial charge in [0, 0.05) is 5.69 Å². The van der Waals surface area contributed by atoms with Crippen LogP contribution in [0.1, 0.15) is 25.9 Å². The second kappa shape index (κ2) is 8.41. The molecule has 2 aromatic carbocycles. The number of halogens is 1. The van der Waals surface area contributed by atoms with Crippen LogP contribution in [-0.4, -0.2) is 18.0 Å². The number of thiazole rings is 1. The Morgan fingerprint density at radius 1 is 1.22 bits per heavy atom. The Hall–Kier alpha value is -2.57. The van der Waals surface area contributed by atoms with Crippen LogP contribution >= 0.6 is 22.9 Å². The topological polar surface area (TPSA) is 60.5 Å². The molecule has 0 saturated carbocycles. The third kappa shape index (κ3) is 4.78. The quantitative estimate of drug-likeness (QED) is 0.611. The molecule has 27 heavy (non-hydrogen) atoms. The maximum atomic E-state index is 12.6. The summed E-state index contributed by atoms with van der Waals surface area (Å²) >= 11 is 7.42. The molecular weight excluding hydrogens is 384 g/mol. The van der Waals surface area contributed by atoms with Crippen molar-refractivity contribution in [3.05, 3.63) is 68.6 Å². The van der Waals surface area contributed by atoms with Gasteiger partial charge in [-0.15, -0.1) is 11.3 Å². The number of nitrogens with one attached hydrogen (secondary N) is 1. The van der Waals surface area contributed by atoms with Crippen molar-refractivity contribution in [3.63, 3.8) is 0 Å². The molecule has 1 N–H and O–H groups in total. The number of methoxy groups -OCH3 is 1. The molecule has 140 valence electrons. The number of carbonyl (C=O) groups is 1. The number of nitrogens with zero attached hydrogens (tertiary/aromatic N) is 1. The van der Waals surface area contributed by atoms with Crippen molar-refractivity contribution in [1.82, 2.24) is 4.98 Å². The van der Waals surface area contributed by atoms with Gasteiger partial charge in [0.1, 0.15) is 28.0 Å². The molecule has 0 fully saturated rings. The van der Waals surface area contributed by atoms with Gasteiger partial charge in [-0.3, -0.25) is 4.79 Å². The molecule has 0 spiro atoms. The van der Waals surface area contributed by atoms with E-state index in [1.54, 1.807) is 25.3 Å². The molecule has 3 aromatic rings. The van der Waals surface area contributed by atoms with E-state index in [4.69, 9.17) is 21.1 Å². The van der Waals surface area contributed by atoms with Crippen molar-refractivity contribution in [2.24, 2.45) is 0 Å². The van der Waals surface area contributed by atoms with Crippen LogP contribution in [0.2, 0.25) is 5.02 Å². The molecule has 7 heteroatoms. The van der Waals surface area contributed by atoms with Crippen LogP contribution in [0, 0.1) is 13.8 Å². The van der Waals surface area contributed by atoms with Crippen molar-refractivity contribution in [3.8, 4) is 11.5 Å². The lowest BCUT2D eigenvalue weighted by atomic mass is 10.2. The Morgan fingerprint density at radius 3 is 2.74 bits per heavy atom. The van der Waals surface area contributed by atoms with E-state index in [0.717, 1.165) is 16.3 Å². The predicted octanol–water partition coefficient (Wildman–Crippen LogP) is 5.25. The molecule has 0 aliphatic heterocycles. The Labute approximate surface area is 166 Å². The summed E-state index contributed by atoms with van der Waals surface area (Å²) in [6.45, 7) is 4.13. The van der Waals surface area contributed by atoms with Crippen molar-refractivity contribution in [2.75, 3.05) is 12.4 Å². The smallest absolute Gasteiger partial charge is 0.267 e. The maximum Gasteiger partial charge on any atom is 0.267 e. The molecule has 0 bridgehead atoms. The number of hydrogen-bond donors (Lipinski definition) is 1. The first-order valence-electron chi connectivity index (χ1n) is 8.27. The highest BCUT2D eigenvalue weighted by Crippen LogP contribution is 2.28. The zero-order valence-corrected chi connectivity index (χ0v) is 16.8. The molecule has 0 unspecified atom stereocenters. The fourth-order valence-corrected chi connectivity index (χ4v) is 3.64. The van der Waals surface area contributed by atoms with Crippen molar-refractivity contribution >= 4 is 34.5 Å². The summed E-state index contributed by atoms with van der Waals surface area (Å²) in [7, 11) is 1.54. The van der Waals surface area contributed by atoms with Gasteiger partial charge in [0.15, 0.2) is 0 Å². The summed E-state index contributed by atoms with van der Waals surface area (Å²) in [5.74, 6) is 1.11. The van der Waals surface area contributed by atoms with Crippen LogP contribution in [-0.2, 0) is 6.61 Å². The van der Waals surface area contributed by atoms with E-state index in [2.05, 4.69) is 10.3 Å². The van der Waals surface area contributed by atoms with Gasteiger partial charge in [-0.2, -0.15) is 0 Å². The number of benzene rings is 2. The van der Waals surface area contributed by atoms with Gasteiger partial charge in [0.25, 0.3) is 5.91 Å².